The fourth-order valence-corrected chi connectivity index (χ4v) is 2.21. The number of rotatable bonds is 5. The van der Waals surface area contributed by atoms with E-state index < -0.39 is 10.1 Å². The highest BCUT2D eigenvalue weighted by atomic mass is 35.5. The summed E-state index contributed by atoms with van der Waals surface area (Å²) in [5.74, 6) is 0.758. The van der Waals surface area contributed by atoms with Crippen molar-refractivity contribution in [2.45, 2.75) is 31.7 Å². The quantitative estimate of drug-likeness (QED) is 0.605. The number of nitrogens with zero attached hydrogens (tertiary/aromatic N) is 1. The third kappa shape index (κ3) is 7.83. The second-order valence-electron chi connectivity index (χ2n) is 5.57. The van der Waals surface area contributed by atoms with Crippen LogP contribution < -0.4 is 10.1 Å². The van der Waals surface area contributed by atoms with Gasteiger partial charge >= 0.3 is 0 Å². The van der Waals surface area contributed by atoms with Crippen molar-refractivity contribution in [2.75, 3.05) is 13.7 Å². The molecule has 1 aromatic carbocycles. The second kappa shape index (κ2) is 9.72. The predicted octanol–water partition coefficient (Wildman–Crippen LogP) is 3.27. The summed E-state index contributed by atoms with van der Waals surface area (Å²) in [6.45, 7) is 6.42. The van der Waals surface area contributed by atoms with Gasteiger partial charge in [0.1, 0.15) is 17.5 Å². The Kier molecular flexibility index (Phi) is 8.31. The number of hydrogen-bond donors (Lipinski definition) is 2. The molecule has 25 heavy (non-hydrogen) atoms. The first-order chi connectivity index (χ1) is 11.6. The molecule has 0 unspecified atom stereocenters. The van der Waals surface area contributed by atoms with Crippen LogP contribution in [0.1, 0.15) is 18.1 Å². The summed E-state index contributed by atoms with van der Waals surface area (Å²) < 4.78 is 35.1. The lowest BCUT2D eigenvalue weighted by Gasteiger charge is -2.12. The summed E-state index contributed by atoms with van der Waals surface area (Å²) in [6, 6.07) is 8.20. The number of ether oxygens (including phenoxy) is 1. The van der Waals surface area contributed by atoms with E-state index >= 15 is 0 Å². The third-order valence-corrected chi connectivity index (χ3v) is 4.56. The topological polar surface area (TPSA) is 88.5 Å². The number of halogens is 1. The molecule has 0 amide bonds. The minimum atomic E-state index is -4.02. The zero-order chi connectivity index (χ0) is 19.0. The number of pyridine rings is 1. The fourth-order valence-electron chi connectivity index (χ4n) is 1.63. The molecule has 0 radical (unpaired) electrons. The Morgan fingerprint density at radius 2 is 1.88 bits per heavy atom. The van der Waals surface area contributed by atoms with Crippen molar-refractivity contribution in [2.24, 2.45) is 0 Å². The standard InChI is InChI=1S/C10H15ClN2O.C7H8O3S/c1-7-4-9(5-13-10(7)11)14-6-8(2)12-3;1-6-2-4-7(5-3-6)11(8,9)10/h4-5,8,12H,6H2,1-3H3;2-5H,1H3,(H,8,9,10)/t8-;/m0./s1. The van der Waals surface area contributed by atoms with Crippen molar-refractivity contribution < 1.29 is 17.7 Å². The van der Waals surface area contributed by atoms with E-state index in [0.717, 1.165) is 16.9 Å². The molecule has 6 nitrogen and oxygen atoms in total. The number of aryl methyl sites for hydroxylation is 2. The van der Waals surface area contributed by atoms with Crippen LogP contribution in [0.3, 0.4) is 0 Å². The molecule has 2 N–H and O–H groups in total. The zero-order valence-electron chi connectivity index (χ0n) is 14.7. The van der Waals surface area contributed by atoms with Crippen LogP contribution in [0.25, 0.3) is 0 Å². The largest absolute Gasteiger partial charge is 0.490 e. The van der Waals surface area contributed by atoms with Gasteiger partial charge in [0.15, 0.2) is 0 Å². The number of likely N-dealkylation sites (N-methyl/N-ethyl adjacent to an activating group) is 1. The molecule has 0 spiro atoms. The van der Waals surface area contributed by atoms with Crippen molar-refractivity contribution >= 4 is 21.7 Å². The Morgan fingerprint density at radius 3 is 2.36 bits per heavy atom. The van der Waals surface area contributed by atoms with E-state index in [0.29, 0.717) is 17.8 Å². The van der Waals surface area contributed by atoms with Gasteiger partial charge < -0.3 is 10.1 Å². The Bertz CT molecular complexity index is 780. The first-order valence-corrected chi connectivity index (χ1v) is 9.41. The molecule has 0 fully saturated rings. The molecule has 1 heterocycles. The number of nitrogens with one attached hydrogen (secondary N) is 1. The highest BCUT2D eigenvalue weighted by Gasteiger charge is 2.06. The van der Waals surface area contributed by atoms with Gasteiger partial charge in [-0.3, -0.25) is 4.55 Å². The van der Waals surface area contributed by atoms with Crippen LogP contribution in [0.4, 0.5) is 0 Å². The average Bonchev–Trinajstić information content (AvgIpc) is 2.55. The van der Waals surface area contributed by atoms with E-state index in [1.165, 1.54) is 12.1 Å². The van der Waals surface area contributed by atoms with Crippen LogP contribution in [0.5, 0.6) is 5.75 Å². The summed E-state index contributed by atoms with van der Waals surface area (Å²) >= 11 is 5.79. The maximum atomic E-state index is 10.5. The van der Waals surface area contributed by atoms with Gasteiger partial charge in [-0.05, 0) is 51.6 Å². The van der Waals surface area contributed by atoms with Crippen LogP contribution in [-0.2, 0) is 10.1 Å². The van der Waals surface area contributed by atoms with Gasteiger partial charge in [-0.2, -0.15) is 8.42 Å². The van der Waals surface area contributed by atoms with Crippen LogP contribution in [0.15, 0.2) is 41.4 Å². The van der Waals surface area contributed by atoms with Gasteiger partial charge in [0.25, 0.3) is 10.1 Å². The molecule has 1 aromatic heterocycles. The van der Waals surface area contributed by atoms with Crippen LogP contribution in [0, 0.1) is 13.8 Å². The SMILES string of the molecule is CN[C@@H](C)COc1cnc(Cl)c(C)c1.Cc1ccc(S(=O)(=O)O)cc1. The van der Waals surface area contributed by atoms with E-state index in [9.17, 15) is 8.42 Å². The maximum absolute atomic E-state index is 10.5. The summed E-state index contributed by atoms with van der Waals surface area (Å²) in [6.07, 6.45) is 1.64. The lowest BCUT2D eigenvalue weighted by atomic mass is 10.2. The molecular weight excluding hydrogens is 364 g/mol. The normalized spacial score (nSPS) is 12.1. The lowest BCUT2D eigenvalue weighted by molar-refractivity contribution is 0.279. The second-order valence-corrected chi connectivity index (χ2v) is 7.35. The summed E-state index contributed by atoms with van der Waals surface area (Å²) in [7, 11) is -2.12. The lowest BCUT2D eigenvalue weighted by Crippen LogP contribution is -2.28. The van der Waals surface area contributed by atoms with Gasteiger partial charge in [-0.25, -0.2) is 4.98 Å². The van der Waals surface area contributed by atoms with Gasteiger partial charge in [0, 0.05) is 6.04 Å². The van der Waals surface area contributed by atoms with Crippen molar-refractivity contribution in [3.8, 4) is 5.75 Å². The Hall–Kier alpha value is -1.67. The first-order valence-electron chi connectivity index (χ1n) is 7.60. The molecule has 2 aromatic rings. The van der Waals surface area contributed by atoms with E-state index in [1.807, 2.05) is 27.0 Å². The Labute approximate surface area is 153 Å². The van der Waals surface area contributed by atoms with E-state index in [-0.39, 0.29) is 4.90 Å². The van der Waals surface area contributed by atoms with Crippen molar-refractivity contribution in [3.05, 3.63) is 52.8 Å². The van der Waals surface area contributed by atoms with Gasteiger partial charge in [-0.1, -0.05) is 29.3 Å². The fraction of sp³-hybridized carbons (Fsp3) is 0.353. The first kappa shape index (κ1) is 21.4. The maximum Gasteiger partial charge on any atom is 0.294 e. The minimum Gasteiger partial charge on any atom is -0.490 e. The third-order valence-electron chi connectivity index (χ3n) is 3.30. The van der Waals surface area contributed by atoms with Crippen LogP contribution in [-0.4, -0.2) is 37.7 Å². The molecule has 138 valence electrons. The molecule has 0 aliphatic heterocycles. The van der Waals surface area contributed by atoms with E-state index in [4.69, 9.17) is 20.9 Å². The van der Waals surface area contributed by atoms with Gasteiger partial charge in [0.05, 0.1) is 11.1 Å². The molecule has 0 saturated heterocycles. The minimum absolute atomic E-state index is 0.0666. The molecule has 0 aliphatic rings. The summed E-state index contributed by atoms with van der Waals surface area (Å²) in [5, 5.41) is 3.62. The molecular formula is C17H23ClN2O4S. The van der Waals surface area contributed by atoms with Crippen LogP contribution in [0.2, 0.25) is 5.15 Å². The number of hydrogen-bond acceptors (Lipinski definition) is 5. The van der Waals surface area contributed by atoms with Crippen molar-refractivity contribution in [3.63, 3.8) is 0 Å². The monoisotopic (exact) mass is 386 g/mol. The van der Waals surface area contributed by atoms with E-state index in [1.54, 1.807) is 18.3 Å². The molecule has 8 heteroatoms. The molecule has 0 bridgehead atoms. The highest BCUT2D eigenvalue weighted by Crippen LogP contribution is 2.17. The highest BCUT2D eigenvalue weighted by molar-refractivity contribution is 7.85. The van der Waals surface area contributed by atoms with E-state index in [2.05, 4.69) is 17.2 Å². The van der Waals surface area contributed by atoms with Crippen molar-refractivity contribution in [1.29, 1.82) is 0 Å². The Morgan fingerprint density at radius 1 is 1.28 bits per heavy atom. The van der Waals surface area contributed by atoms with Crippen LogP contribution >= 0.6 is 11.6 Å². The predicted molar refractivity (Wildman–Crippen MR) is 99.0 cm³/mol. The molecule has 0 saturated carbocycles. The average molecular weight is 387 g/mol. The smallest absolute Gasteiger partial charge is 0.294 e. The molecule has 1 atom stereocenters. The summed E-state index contributed by atoms with van der Waals surface area (Å²) in [5.41, 5.74) is 1.89. The molecule has 2 rings (SSSR count). The zero-order valence-corrected chi connectivity index (χ0v) is 16.2. The number of benzene rings is 1. The van der Waals surface area contributed by atoms with Gasteiger partial charge in [0.2, 0.25) is 0 Å². The van der Waals surface area contributed by atoms with Gasteiger partial charge in [-0.15, -0.1) is 0 Å². The number of aromatic nitrogens is 1. The molecule has 0 aliphatic carbocycles. The summed E-state index contributed by atoms with van der Waals surface area (Å²) in [4.78, 5) is 3.94. The Balaban J connectivity index is 0.000000257. The van der Waals surface area contributed by atoms with Crippen molar-refractivity contribution in [1.82, 2.24) is 10.3 Å².